The summed E-state index contributed by atoms with van der Waals surface area (Å²) in [5, 5.41) is 5.73. The van der Waals surface area contributed by atoms with E-state index >= 15 is 0 Å². The van der Waals surface area contributed by atoms with E-state index in [-0.39, 0.29) is 5.91 Å². The molecule has 0 atom stereocenters. The highest BCUT2D eigenvalue weighted by Gasteiger charge is 2.26. The van der Waals surface area contributed by atoms with Crippen LogP contribution in [-0.2, 0) is 13.5 Å². The van der Waals surface area contributed by atoms with Gasteiger partial charge in [-0.3, -0.25) is 9.48 Å². The molecule has 5 nitrogen and oxygen atoms in total. The number of aromatic nitrogens is 2. The lowest BCUT2D eigenvalue weighted by molar-refractivity contribution is 0.0695. The number of aryl methyl sites for hydroxylation is 1. The first-order valence-electron chi connectivity index (χ1n) is 11.1. The van der Waals surface area contributed by atoms with E-state index in [2.05, 4.69) is 30.3 Å². The number of carbonyl (C=O) groups excluding carboxylic acids is 1. The Kier molecular flexibility index (Phi) is 5.70. The summed E-state index contributed by atoms with van der Waals surface area (Å²) in [4.78, 5) is 17.1. The number of benzene rings is 2. The zero-order valence-corrected chi connectivity index (χ0v) is 19.3. The van der Waals surface area contributed by atoms with Crippen LogP contribution in [0.25, 0.3) is 21.5 Å². The van der Waals surface area contributed by atoms with Crippen LogP contribution in [0, 0.1) is 5.92 Å². The molecule has 1 aliphatic heterocycles. The summed E-state index contributed by atoms with van der Waals surface area (Å²) >= 11 is 1.53. The van der Waals surface area contributed by atoms with E-state index in [0.717, 1.165) is 64.5 Å². The Hall–Kier alpha value is -3.12. The van der Waals surface area contributed by atoms with Crippen molar-refractivity contribution in [2.45, 2.75) is 19.3 Å². The third-order valence-corrected chi connectivity index (χ3v) is 7.52. The first-order chi connectivity index (χ1) is 15.6. The van der Waals surface area contributed by atoms with Gasteiger partial charge in [0.05, 0.1) is 12.0 Å². The van der Waals surface area contributed by atoms with E-state index in [1.165, 1.54) is 16.9 Å². The van der Waals surface area contributed by atoms with Gasteiger partial charge < -0.3 is 9.64 Å². The second kappa shape index (κ2) is 8.79. The van der Waals surface area contributed by atoms with Crippen molar-refractivity contribution in [2.75, 3.05) is 20.2 Å². The highest BCUT2D eigenvalue weighted by molar-refractivity contribution is 7.20. The minimum absolute atomic E-state index is 0.140. The van der Waals surface area contributed by atoms with Crippen LogP contribution in [0.2, 0.25) is 0 Å². The van der Waals surface area contributed by atoms with Gasteiger partial charge in [-0.25, -0.2) is 0 Å². The lowest BCUT2D eigenvalue weighted by Gasteiger charge is -2.31. The molecule has 1 aliphatic rings. The molecule has 32 heavy (non-hydrogen) atoms. The normalized spacial score (nSPS) is 14.8. The van der Waals surface area contributed by atoms with E-state index in [0.29, 0.717) is 5.92 Å². The molecule has 1 amide bonds. The van der Waals surface area contributed by atoms with Crippen LogP contribution < -0.4 is 4.74 Å². The van der Waals surface area contributed by atoms with Gasteiger partial charge >= 0.3 is 0 Å². The number of thiophene rings is 1. The highest BCUT2D eigenvalue weighted by atomic mass is 32.1. The molecular formula is C26H27N3O2S. The van der Waals surface area contributed by atoms with Crippen molar-refractivity contribution in [2.24, 2.45) is 13.0 Å². The van der Waals surface area contributed by atoms with Crippen LogP contribution in [0.3, 0.4) is 0 Å². The summed E-state index contributed by atoms with van der Waals surface area (Å²) in [6, 6.07) is 20.6. The smallest absolute Gasteiger partial charge is 0.264 e. The van der Waals surface area contributed by atoms with Gasteiger partial charge in [-0.2, -0.15) is 5.10 Å². The van der Waals surface area contributed by atoms with Gasteiger partial charge in [-0.15, -0.1) is 11.3 Å². The van der Waals surface area contributed by atoms with Crippen LogP contribution in [-0.4, -0.2) is 40.8 Å². The van der Waals surface area contributed by atoms with Crippen molar-refractivity contribution >= 4 is 27.5 Å². The number of piperidine rings is 1. The number of rotatable bonds is 5. The number of fused-ring (bicyclic) bond motifs is 1. The predicted octanol–water partition coefficient (Wildman–Crippen LogP) is 5.41. The Bertz CT molecular complexity index is 1240. The molecule has 0 aliphatic carbocycles. The lowest BCUT2D eigenvalue weighted by atomic mass is 9.90. The van der Waals surface area contributed by atoms with E-state index < -0.39 is 0 Å². The topological polar surface area (TPSA) is 47.4 Å². The molecule has 0 bridgehead atoms. The number of methoxy groups -OCH3 is 1. The molecule has 5 rings (SSSR count). The molecule has 0 saturated carbocycles. The average molecular weight is 446 g/mol. The van der Waals surface area contributed by atoms with Crippen LogP contribution in [0.4, 0.5) is 0 Å². The Morgan fingerprint density at radius 1 is 1.09 bits per heavy atom. The zero-order chi connectivity index (χ0) is 22.1. The third kappa shape index (κ3) is 4.02. The van der Waals surface area contributed by atoms with Crippen molar-refractivity contribution in [1.29, 1.82) is 0 Å². The molecule has 1 saturated heterocycles. The fourth-order valence-corrected chi connectivity index (χ4v) is 5.61. The summed E-state index contributed by atoms with van der Waals surface area (Å²) in [6.07, 6.45) is 3.21. The van der Waals surface area contributed by atoms with Gasteiger partial charge in [0.2, 0.25) is 0 Å². The fraction of sp³-hybridized carbons (Fsp3) is 0.308. The second-order valence-electron chi connectivity index (χ2n) is 8.46. The summed E-state index contributed by atoms with van der Waals surface area (Å²) in [5.74, 6) is 1.58. The molecule has 0 unspecified atom stereocenters. The van der Waals surface area contributed by atoms with Crippen LogP contribution in [0.5, 0.6) is 5.75 Å². The van der Waals surface area contributed by atoms with Gasteiger partial charge in [-0.05, 0) is 48.9 Å². The van der Waals surface area contributed by atoms with Crippen LogP contribution in [0.1, 0.15) is 28.1 Å². The summed E-state index contributed by atoms with van der Waals surface area (Å²) < 4.78 is 7.24. The first-order valence-corrected chi connectivity index (χ1v) is 11.9. The molecule has 2 aromatic heterocycles. The maximum Gasteiger partial charge on any atom is 0.264 e. The molecule has 4 aromatic rings. The zero-order valence-electron chi connectivity index (χ0n) is 18.5. The fourth-order valence-electron chi connectivity index (χ4n) is 4.57. The van der Waals surface area contributed by atoms with E-state index in [1.54, 1.807) is 7.11 Å². The maximum atomic E-state index is 13.3. The number of likely N-dealkylation sites (tertiary alicyclic amines) is 1. The van der Waals surface area contributed by atoms with Crippen molar-refractivity contribution in [1.82, 2.24) is 14.7 Å². The van der Waals surface area contributed by atoms with E-state index in [1.807, 2.05) is 47.0 Å². The van der Waals surface area contributed by atoms with Gasteiger partial charge in [0.25, 0.3) is 5.91 Å². The Balaban J connectivity index is 1.32. The van der Waals surface area contributed by atoms with Crippen molar-refractivity contribution in [3.63, 3.8) is 0 Å². The quantitative estimate of drug-likeness (QED) is 0.413. The molecule has 0 radical (unpaired) electrons. The van der Waals surface area contributed by atoms with Crippen LogP contribution in [0.15, 0.2) is 60.7 Å². The van der Waals surface area contributed by atoms with Crippen molar-refractivity contribution in [3.8, 4) is 17.0 Å². The monoisotopic (exact) mass is 445 g/mol. The number of amides is 1. The van der Waals surface area contributed by atoms with E-state index in [4.69, 9.17) is 9.84 Å². The van der Waals surface area contributed by atoms with Gasteiger partial charge in [0, 0.05) is 31.1 Å². The summed E-state index contributed by atoms with van der Waals surface area (Å²) in [5.41, 5.74) is 3.27. The largest absolute Gasteiger partial charge is 0.497 e. The van der Waals surface area contributed by atoms with Crippen LogP contribution >= 0.6 is 11.3 Å². The third-order valence-electron chi connectivity index (χ3n) is 6.33. The molecule has 0 spiro atoms. The molecule has 164 valence electrons. The highest BCUT2D eigenvalue weighted by Crippen LogP contribution is 2.35. The minimum atomic E-state index is 0.140. The summed E-state index contributed by atoms with van der Waals surface area (Å²) in [6.45, 7) is 1.65. The van der Waals surface area contributed by atoms with Crippen molar-refractivity contribution < 1.29 is 9.53 Å². The molecule has 1 fully saturated rings. The SMILES string of the molecule is COc1cccc(-c2nn(C)c3sc(C(=O)N4CCC(Cc5ccccc5)CC4)cc23)c1. The number of carbonyl (C=O) groups is 1. The van der Waals surface area contributed by atoms with E-state index in [9.17, 15) is 4.79 Å². The van der Waals surface area contributed by atoms with Gasteiger partial charge in [0.1, 0.15) is 16.3 Å². The van der Waals surface area contributed by atoms with Crippen molar-refractivity contribution in [3.05, 3.63) is 71.1 Å². The molecule has 0 N–H and O–H groups in total. The second-order valence-corrected chi connectivity index (χ2v) is 9.49. The summed E-state index contributed by atoms with van der Waals surface area (Å²) in [7, 11) is 3.60. The number of hydrogen-bond acceptors (Lipinski definition) is 4. The molecule has 3 heterocycles. The standard InChI is InChI=1S/C26H27N3O2S/c1-28-26-22(24(27-28)20-9-6-10-21(16-20)31-2)17-23(32-26)25(30)29-13-11-19(12-14-29)15-18-7-4-3-5-8-18/h3-10,16-17,19H,11-15H2,1-2H3. The van der Waals surface area contributed by atoms with Gasteiger partial charge in [-0.1, -0.05) is 42.5 Å². The molecule has 6 heteroatoms. The average Bonchev–Trinajstić information content (AvgIpc) is 3.40. The number of ether oxygens (including phenoxy) is 1. The first kappa shape index (κ1) is 20.8. The maximum absolute atomic E-state index is 13.3. The Labute approximate surface area is 192 Å². The predicted molar refractivity (Wildman–Crippen MR) is 129 cm³/mol. The molecular weight excluding hydrogens is 418 g/mol. The molecule has 2 aromatic carbocycles. The Morgan fingerprint density at radius 2 is 1.88 bits per heavy atom. The van der Waals surface area contributed by atoms with Gasteiger partial charge in [0.15, 0.2) is 0 Å². The minimum Gasteiger partial charge on any atom is -0.497 e. The lowest BCUT2D eigenvalue weighted by Crippen LogP contribution is -2.38. The Morgan fingerprint density at radius 3 is 2.62 bits per heavy atom. The number of nitrogens with zero attached hydrogens (tertiary/aromatic N) is 3. The number of hydrogen-bond donors (Lipinski definition) is 0.